The van der Waals surface area contributed by atoms with Crippen LogP contribution in [0.1, 0.15) is 18.4 Å². The molecule has 1 aromatic carbocycles. The number of likely N-dealkylation sites (N-methyl/N-ethyl adjacent to an activating group) is 1. The zero-order valence-electron chi connectivity index (χ0n) is 11.0. The van der Waals surface area contributed by atoms with Gasteiger partial charge in [0.2, 0.25) is 5.91 Å². The summed E-state index contributed by atoms with van der Waals surface area (Å²) in [7, 11) is 3.50. The molecule has 1 aromatic rings. The van der Waals surface area contributed by atoms with E-state index in [1.807, 2.05) is 36.2 Å². The molecular formula is C14H20N2O2. The van der Waals surface area contributed by atoms with Crippen molar-refractivity contribution >= 4 is 5.91 Å². The average molecular weight is 248 g/mol. The number of ether oxygens (including phenoxy) is 1. The number of benzene rings is 1. The number of carbonyl (C=O) groups is 1. The monoisotopic (exact) mass is 248 g/mol. The number of methoxy groups -OCH3 is 1. The Bertz CT molecular complexity index is 420. The van der Waals surface area contributed by atoms with Crippen molar-refractivity contribution in [3.63, 3.8) is 0 Å². The predicted octanol–water partition coefficient (Wildman–Crippen LogP) is 1.41. The van der Waals surface area contributed by atoms with Gasteiger partial charge in [-0.05, 0) is 26.0 Å². The van der Waals surface area contributed by atoms with Crippen LogP contribution in [0.15, 0.2) is 24.3 Å². The Morgan fingerprint density at radius 3 is 2.94 bits per heavy atom. The van der Waals surface area contributed by atoms with E-state index in [0.717, 1.165) is 30.7 Å². The summed E-state index contributed by atoms with van der Waals surface area (Å²) in [4.78, 5) is 14.1. The molecule has 0 aromatic heterocycles. The van der Waals surface area contributed by atoms with Crippen LogP contribution in [0.4, 0.5) is 0 Å². The normalized spacial score (nSPS) is 20.0. The lowest BCUT2D eigenvalue weighted by Gasteiger charge is -2.32. The SMILES string of the molecule is CNC1CCCN(Cc2ccccc2OC)C1=O. The summed E-state index contributed by atoms with van der Waals surface area (Å²) in [5, 5.41) is 3.08. The molecule has 0 aliphatic carbocycles. The lowest BCUT2D eigenvalue weighted by Crippen LogP contribution is -2.49. The number of para-hydroxylation sites is 1. The molecule has 1 saturated heterocycles. The second-order valence-corrected chi connectivity index (χ2v) is 4.56. The molecule has 98 valence electrons. The van der Waals surface area contributed by atoms with E-state index in [-0.39, 0.29) is 11.9 Å². The van der Waals surface area contributed by atoms with E-state index in [2.05, 4.69) is 5.32 Å². The number of nitrogens with one attached hydrogen (secondary N) is 1. The summed E-state index contributed by atoms with van der Waals surface area (Å²) in [5.41, 5.74) is 1.06. The lowest BCUT2D eigenvalue weighted by molar-refractivity contribution is -0.136. The van der Waals surface area contributed by atoms with Crippen LogP contribution < -0.4 is 10.1 Å². The van der Waals surface area contributed by atoms with Gasteiger partial charge in [-0.15, -0.1) is 0 Å². The number of hydrogen-bond donors (Lipinski definition) is 1. The molecule has 4 nitrogen and oxygen atoms in total. The van der Waals surface area contributed by atoms with Gasteiger partial charge in [0.1, 0.15) is 5.75 Å². The third-order valence-electron chi connectivity index (χ3n) is 3.43. The molecule has 1 amide bonds. The van der Waals surface area contributed by atoms with Crippen LogP contribution in [0.2, 0.25) is 0 Å². The number of hydrogen-bond acceptors (Lipinski definition) is 3. The van der Waals surface area contributed by atoms with E-state index < -0.39 is 0 Å². The maximum absolute atomic E-state index is 12.2. The van der Waals surface area contributed by atoms with Crippen molar-refractivity contribution in [3.05, 3.63) is 29.8 Å². The molecule has 0 spiro atoms. The van der Waals surface area contributed by atoms with Crippen molar-refractivity contribution in [2.24, 2.45) is 0 Å². The highest BCUT2D eigenvalue weighted by atomic mass is 16.5. The van der Waals surface area contributed by atoms with E-state index in [1.165, 1.54) is 0 Å². The Morgan fingerprint density at radius 2 is 2.22 bits per heavy atom. The first-order chi connectivity index (χ1) is 8.76. The Kier molecular flexibility index (Phi) is 4.20. The fourth-order valence-electron chi connectivity index (χ4n) is 2.40. The third-order valence-corrected chi connectivity index (χ3v) is 3.43. The van der Waals surface area contributed by atoms with E-state index in [1.54, 1.807) is 7.11 Å². The van der Waals surface area contributed by atoms with Gasteiger partial charge in [0.25, 0.3) is 0 Å². The average Bonchev–Trinajstić information content (AvgIpc) is 2.42. The molecule has 4 heteroatoms. The predicted molar refractivity (Wildman–Crippen MR) is 70.5 cm³/mol. The van der Waals surface area contributed by atoms with E-state index in [4.69, 9.17) is 4.74 Å². The van der Waals surface area contributed by atoms with Crippen molar-refractivity contribution < 1.29 is 9.53 Å². The van der Waals surface area contributed by atoms with Crippen LogP contribution in [0.5, 0.6) is 5.75 Å². The van der Waals surface area contributed by atoms with Crippen LogP contribution in [0.25, 0.3) is 0 Å². The molecular weight excluding hydrogens is 228 g/mol. The number of likely N-dealkylation sites (tertiary alicyclic amines) is 1. The van der Waals surface area contributed by atoms with E-state index in [0.29, 0.717) is 6.54 Å². The minimum atomic E-state index is -0.0338. The first-order valence-electron chi connectivity index (χ1n) is 6.34. The maximum Gasteiger partial charge on any atom is 0.239 e. The Balaban J connectivity index is 2.10. The van der Waals surface area contributed by atoms with Crippen LogP contribution in [-0.4, -0.2) is 37.6 Å². The largest absolute Gasteiger partial charge is 0.496 e. The second kappa shape index (κ2) is 5.87. The van der Waals surface area contributed by atoms with E-state index in [9.17, 15) is 4.79 Å². The number of amides is 1. The van der Waals surface area contributed by atoms with Crippen molar-refractivity contribution in [1.82, 2.24) is 10.2 Å². The highest BCUT2D eigenvalue weighted by Crippen LogP contribution is 2.21. The van der Waals surface area contributed by atoms with Gasteiger partial charge in [-0.1, -0.05) is 18.2 Å². The summed E-state index contributed by atoms with van der Waals surface area (Å²) < 4.78 is 5.32. The first-order valence-corrected chi connectivity index (χ1v) is 6.34. The van der Waals surface area contributed by atoms with Gasteiger partial charge in [-0.25, -0.2) is 0 Å². The first kappa shape index (κ1) is 12.9. The molecule has 1 atom stereocenters. The Morgan fingerprint density at radius 1 is 1.44 bits per heavy atom. The summed E-state index contributed by atoms with van der Waals surface area (Å²) in [6.07, 6.45) is 1.98. The summed E-state index contributed by atoms with van der Waals surface area (Å²) in [6, 6.07) is 7.82. The summed E-state index contributed by atoms with van der Waals surface area (Å²) in [5.74, 6) is 1.03. The third kappa shape index (κ3) is 2.64. The zero-order chi connectivity index (χ0) is 13.0. The summed E-state index contributed by atoms with van der Waals surface area (Å²) >= 11 is 0. The van der Waals surface area contributed by atoms with Crippen LogP contribution in [0, 0.1) is 0 Å². The quantitative estimate of drug-likeness (QED) is 0.876. The fourth-order valence-corrected chi connectivity index (χ4v) is 2.40. The van der Waals surface area contributed by atoms with Crippen molar-refractivity contribution in [3.8, 4) is 5.75 Å². The zero-order valence-corrected chi connectivity index (χ0v) is 11.0. The molecule has 1 aliphatic rings. The molecule has 1 aliphatic heterocycles. The minimum Gasteiger partial charge on any atom is -0.496 e. The molecule has 0 radical (unpaired) electrons. The van der Waals surface area contributed by atoms with Gasteiger partial charge in [0.05, 0.1) is 13.2 Å². The topological polar surface area (TPSA) is 41.6 Å². The fraction of sp³-hybridized carbons (Fsp3) is 0.500. The van der Waals surface area contributed by atoms with Crippen molar-refractivity contribution in [1.29, 1.82) is 0 Å². The molecule has 1 N–H and O–H groups in total. The number of piperidine rings is 1. The van der Waals surface area contributed by atoms with Gasteiger partial charge >= 0.3 is 0 Å². The van der Waals surface area contributed by atoms with Gasteiger partial charge < -0.3 is 15.0 Å². The smallest absolute Gasteiger partial charge is 0.239 e. The highest BCUT2D eigenvalue weighted by Gasteiger charge is 2.27. The van der Waals surface area contributed by atoms with Crippen LogP contribution in [0.3, 0.4) is 0 Å². The summed E-state index contributed by atoms with van der Waals surface area (Å²) in [6.45, 7) is 1.45. The Hall–Kier alpha value is -1.55. The molecule has 1 heterocycles. The van der Waals surface area contributed by atoms with Gasteiger partial charge in [-0.2, -0.15) is 0 Å². The van der Waals surface area contributed by atoms with Gasteiger partial charge in [0.15, 0.2) is 0 Å². The van der Waals surface area contributed by atoms with Gasteiger partial charge in [0, 0.05) is 18.7 Å². The molecule has 18 heavy (non-hydrogen) atoms. The highest BCUT2D eigenvalue weighted by molar-refractivity contribution is 5.82. The molecule has 2 rings (SSSR count). The molecule has 1 unspecified atom stereocenters. The minimum absolute atomic E-state index is 0.0338. The van der Waals surface area contributed by atoms with E-state index >= 15 is 0 Å². The second-order valence-electron chi connectivity index (χ2n) is 4.56. The number of rotatable bonds is 4. The van der Waals surface area contributed by atoms with Crippen LogP contribution in [-0.2, 0) is 11.3 Å². The maximum atomic E-state index is 12.2. The molecule has 0 bridgehead atoms. The number of carbonyl (C=O) groups excluding carboxylic acids is 1. The standard InChI is InChI=1S/C14H20N2O2/c1-15-12-7-5-9-16(14(12)17)10-11-6-3-4-8-13(11)18-2/h3-4,6,8,12,15H,5,7,9-10H2,1-2H3. The number of nitrogens with zero attached hydrogens (tertiary/aromatic N) is 1. The Labute approximate surface area is 108 Å². The lowest BCUT2D eigenvalue weighted by atomic mass is 10.0. The van der Waals surface area contributed by atoms with Gasteiger partial charge in [-0.3, -0.25) is 4.79 Å². The van der Waals surface area contributed by atoms with Crippen molar-refractivity contribution in [2.75, 3.05) is 20.7 Å². The molecule has 1 fully saturated rings. The molecule has 0 saturated carbocycles. The van der Waals surface area contributed by atoms with Crippen molar-refractivity contribution in [2.45, 2.75) is 25.4 Å². The van der Waals surface area contributed by atoms with Crippen LogP contribution >= 0.6 is 0 Å².